The van der Waals surface area contributed by atoms with Gasteiger partial charge in [-0.05, 0) is 38.5 Å². The van der Waals surface area contributed by atoms with Gasteiger partial charge in [0.15, 0.2) is 0 Å². The van der Waals surface area contributed by atoms with Gasteiger partial charge in [-0.15, -0.1) is 0 Å². The van der Waals surface area contributed by atoms with Crippen LogP contribution in [0.1, 0.15) is 27.2 Å². The summed E-state index contributed by atoms with van der Waals surface area (Å²) in [6.07, 6.45) is 9.84. The Bertz CT molecular complexity index is 417. The summed E-state index contributed by atoms with van der Waals surface area (Å²) in [4.78, 5) is 1.35. The van der Waals surface area contributed by atoms with E-state index in [4.69, 9.17) is 0 Å². The fourth-order valence-electron chi connectivity index (χ4n) is 1.90. The molecule has 0 saturated heterocycles. The first kappa shape index (κ1) is 14.8. The van der Waals surface area contributed by atoms with E-state index in [1.807, 2.05) is 16.2 Å². The third kappa shape index (κ3) is 2.97. The van der Waals surface area contributed by atoms with Gasteiger partial charge in [0.1, 0.15) is 0 Å². The molecule has 0 unspecified atom stereocenters. The molecular weight excluding hydrogens is 236 g/mol. The molecule has 0 N–H and O–H groups in total. The zero-order valence-electron chi connectivity index (χ0n) is 11.8. The summed E-state index contributed by atoms with van der Waals surface area (Å²) in [5.74, 6) is 0. The van der Waals surface area contributed by atoms with Gasteiger partial charge in [0.25, 0.3) is 0 Å². The van der Waals surface area contributed by atoms with Crippen molar-refractivity contribution in [3.8, 4) is 0 Å². The van der Waals surface area contributed by atoms with Crippen molar-refractivity contribution >= 4 is 10.0 Å². The molecule has 0 fully saturated rings. The van der Waals surface area contributed by atoms with E-state index >= 15 is 0 Å². The number of hydrogen-bond donors (Lipinski definition) is 0. The van der Waals surface area contributed by atoms with Crippen molar-refractivity contribution in [1.29, 1.82) is 0 Å². The smallest absolute Gasteiger partial charge is 0.00401 e. The molecule has 0 amide bonds. The van der Waals surface area contributed by atoms with Gasteiger partial charge in [0.2, 0.25) is 0 Å². The molecule has 0 aliphatic heterocycles. The van der Waals surface area contributed by atoms with E-state index in [0.29, 0.717) is 0 Å². The Morgan fingerprint density at radius 3 is 2.06 bits per heavy atom. The molecule has 0 atom stereocenters. The zero-order valence-corrected chi connectivity index (χ0v) is 12.6. The van der Waals surface area contributed by atoms with Gasteiger partial charge >= 0.3 is 0 Å². The average molecular weight is 260 g/mol. The number of rotatable bonds is 4. The van der Waals surface area contributed by atoms with E-state index in [9.17, 15) is 0 Å². The minimum atomic E-state index is -1.25. The molecule has 0 heterocycles. The lowest BCUT2D eigenvalue weighted by Crippen LogP contribution is -2.06. The Labute approximate surface area is 113 Å². The molecule has 98 valence electrons. The Balaban J connectivity index is 3.22. The van der Waals surface area contributed by atoms with Gasteiger partial charge in [-0.3, -0.25) is 0 Å². The Morgan fingerprint density at radius 1 is 1.06 bits per heavy atom. The van der Waals surface area contributed by atoms with E-state index in [-0.39, 0.29) is 5.41 Å². The lowest BCUT2D eigenvalue weighted by Gasteiger charge is -2.31. The van der Waals surface area contributed by atoms with Crippen LogP contribution in [0.5, 0.6) is 0 Å². The maximum atomic E-state index is 3.96. The second-order valence-corrected chi connectivity index (χ2v) is 8.42. The molecule has 0 aromatic rings. The van der Waals surface area contributed by atoms with Gasteiger partial charge in [-0.25, -0.2) is 0 Å². The SMILES string of the molecule is C=CS(C=C)(C=C)C1=CC=C(C(C)(C)C)C=CC1. The number of hydrogen-bond acceptors (Lipinski definition) is 0. The van der Waals surface area contributed by atoms with Crippen LogP contribution < -0.4 is 0 Å². The van der Waals surface area contributed by atoms with Gasteiger partial charge in [-0.1, -0.05) is 64.8 Å². The topological polar surface area (TPSA) is 0 Å². The molecule has 1 aliphatic carbocycles. The highest BCUT2D eigenvalue weighted by molar-refractivity contribution is 8.43. The predicted octanol–water partition coefficient (Wildman–Crippen LogP) is 6.04. The average Bonchev–Trinajstić information content (AvgIpc) is 2.58. The van der Waals surface area contributed by atoms with Crippen LogP contribution in [-0.4, -0.2) is 0 Å². The summed E-state index contributed by atoms with van der Waals surface area (Å²) in [5, 5.41) is 5.97. The Hall–Kier alpha value is -1.21. The summed E-state index contributed by atoms with van der Waals surface area (Å²) in [6.45, 7) is 18.6. The summed E-state index contributed by atoms with van der Waals surface area (Å²) < 4.78 is 0. The van der Waals surface area contributed by atoms with Crippen LogP contribution in [0, 0.1) is 5.41 Å². The molecule has 1 aliphatic rings. The third-order valence-electron chi connectivity index (χ3n) is 3.21. The third-order valence-corrected chi connectivity index (χ3v) is 6.08. The second kappa shape index (κ2) is 5.62. The van der Waals surface area contributed by atoms with Gasteiger partial charge < -0.3 is 0 Å². The van der Waals surface area contributed by atoms with Crippen molar-refractivity contribution < 1.29 is 0 Å². The highest BCUT2D eigenvalue weighted by atomic mass is 32.3. The largest absolute Gasteiger partial charge is 0.158 e. The van der Waals surface area contributed by atoms with E-state index in [0.717, 1.165) is 6.42 Å². The second-order valence-electron chi connectivity index (χ2n) is 5.37. The quantitative estimate of drug-likeness (QED) is 0.578. The molecule has 0 bridgehead atoms. The maximum Gasteiger partial charge on any atom is -0.00401 e. The first-order valence-corrected chi connectivity index (χ1v) is 8.00. The van der Waals surface area contributed by atoms with Crippen molar-refractivity contribution in [3.05, 3.63) is 70.7 Å². The molecule has 0 spiro atoms. The van der Waals surface area contributed by atoms with Gasteiger partial charge in [0.05, 0.1) is 0 Å². The first-order valence-electron chi connectivity index (χ1n) is 6.18. The molecule has 0 nitrogen and oxygen atoms in total. The van der Waals surface area contributed by atoms with E-state index in [1.165, 1.54) is 10.5 Å². The summed E-state index contributed by atoms with van der Waals surface area (Å²) >= 11 is 0. The monoisotopic (exact) mass is 260 g/mol. The molecule has 0 radical (unpaired) electrons. The van der Waals surface area contributed by atoms with Crippen LogP contribution in [0.25, 0.3) is 0 Å². The standard InChI is InChI=1S/C17H24S/c1-7-18(8-2,9-3)16-12-10-11-15(13-14-16)17(4,5)6/h7-11,13-14H,1-3,12H2,4-6H3. The van der Waals surface area contributed by atoms with Crippen molar-refractivity contribution in [3.63, 3.8) is 0 Å². The first-order chi connectivity index (χ1) is 8.39. The minimum absolute atomic E-state index is 0.178. The highest BCUT2D eigenvalue weighted by Crippen LogP contribution is 2.60. The van der Waals surface area contributed by atoms with Crippen LogP contribution >= 0.6 is 10.0 Å². The van der Waals surface area contributed by atoms with Gasteiger partial charge in [0, 0.05) is 0 Å². The summed E-state index contributed by atoms with van der Waals surface area (Å²) in [5.41, 5.74) is 1.53. The zero-order chi connectivity index (χ0) is 13.8. The Kier molecular flexibility index (Phi) is 4.64. The molecule has 1 heteroatoms. The fourth-order valence-corrected chi connectivity index (χ4v) is 3.63. The van der Waals surface area contributed by atoms with Crippen LogP contribution in [-0.2, 0) is 0 Å². The van der Waals surface area contributed by atoms with Crippen molar-refractivity contribution in [2.24, 2.45) is 5.41 Å². The molecule has 1 rings (SSSR count). The van der Waals surface area contributed by atoms with E-state index in [2.05, 4.69) is 64.8 Å². The van der Waals surface area contributed by atoms with Crippen LogP contribution in [0.2, 0.25) is 0 Å². The van der Waals surface area contributed by atoms with Gasteiger partial charge in [-0.2, -0.15) is 10.0 Å². The summed E-state index contributed by atoms with van der Waals surface area (Å²) in [7, 11) is -1.25. The number of allylic oxidation sites excluding steroid dienone is 6. The highest BCUT2D eigenvalue weighted by Gasteiger charge is 2.20. The molecule has 0 aromatic heterocycles. The molecule has 18 heavy (non-hydrogen) atoms. The minimum Gasteiger partial charge on any atom is -0.158 e. The normalized spacial score (nSPS) is 17.3. The summed E-state index contributed by atoms with van der Waals surface area (Å²) in [6, 6.07) is 0. The molecule has 0 saturated carbocycles. The fraction of sp³-hybridized carbons (Fsp3) is 0.294. The van der Waals surface area contributed by atoms with E-state index in [1.54, 1.807) is 0 Å². The molecule has 0 aromatic carbocycles. The maximum absolute atomic E-state index is 3.96. The predicted molar refractivity (Wildman–Crippen MR) is 87.6 cm³/mol. The van der Waals surface area contributed by atoms with Crippen LogP contribution in [0.15, 0.2) is 70.7 Å². The van der Waals surface area contributed by atoms with Crippen molar-refractivity contribution in [2.75, 3.05) is 0 Å². The lowest BCUT2D eigenvalue weighted by atomic mass is 9.86. The van der Waals surface area contributed by atoms with Crippen LogP contribution in [0.3, 0.4) is 0 Å². The van der Waals surface area contributed by atoms with Crippen LogP contribution in [0.4, 0.5) is 0 Å². The van der Waals surface area contributed by atoms with Crippen molar-refractivity contribution in [1.82, 2.24) is 0 Å². The van der Waals surface area contributed by atoms with Crippen molar-refractivity contribution in [2.45, 2.75) is 27.2 Å². The molecular formula is C17H24S. The van der Waals surface area contributed by atoms with E-state index < -0.39 is 10.0 Å². The lowest BCUT2D eigenvalue weighted by molar-refractivity contribution is 0.517. The Morgan fingerprint density at radius 2 is 1.61 bits per heavy atom.